The van der Waals surface area contributed by atoms with Crippen LogP contribution in [0.25, 0.3) is 0 Å². The van der Waals surface area contributed by atoms with Gasteiger partial charge in [0.2, 0.25) is 0 Å². The molecule has 1 unspecified atom stereocenters. The molecular weight excluding hydrogens is 294 g/mol. The lowest BCUT2D eigenvalue weighted by molar-refractivity contribution is -0.0136. The Morgan fingerprint density at radius 3 is 2.87 bits per heavy atom. The first-order chi connectivity index (χ1) is 11.3. The van der Waals surface area contributed by atoms with E-state index in [2.05, 4.69) is 10.00 Å². The fourth-order valence-corrected chi connectivity index (χ4v) is 2.83. The van der Waals surface area contributed by atoms with E-state index in [9.17, 15) is 5.11 Å². The van der Waals surface area contributed by atoms with Gasteiger partial charge in [0, 0.05) is 37.6 Å². The van der Waals surface area contributed by atoms with Gasteiger partial charge in [0.05, 0.1) is 32.5 Å². The lowest BCUT2D eigenvalue weighted by Crippen LogP contribution is -2.51. The standard InChI is InChI=1S/C17H23N3O3/c1-22-17-6-3-2-5-14(17)12-23-13-16(21)11-19-9-15(10-19)20-8-4-7-18-20/h2-8,15-16,21H,9-13H2,1H3. The summed E-state index contributed by atoms with van der Waals surface area (Å²) in [5, 5.41) is 14.3. The van der Waals surface area contributed by atoms with Crippen LogP contribution in [0.15, 0.2) is 42.7 Å². The molecule has 0 spiro atoms. The van der Waals surface area contributed by atoms with Crippen LogP contribution in [0, 0.1) is 0 Å². The number of para-hydroxylation sites is 1. The topological polar surface area (TPSA) is 59.8 Å². The van der Waals surface area contributed by atoms with Crippen molar-refractivity contribution < 1.29 is 14.6 Å². The highest BCUT2D eigenvalue weighted by Gasteiger charge is 2.29. The molecule has 1 aromatic carbocycles. The number of aromatic nitrogens is 2. The monoisotopic (exact) mass is 317 g/mol. The molecule has 2 aromatic rings. The number of ether oxygens (including phenoxy) is 2. The van der Waals surface area contributed by atoms with Crippen LogP contribution in [0.1, 0.15) is 11.6 Å². The molecule has 1 aromatic heterocycles. The molecule has 1 fully saturated rings. The lowest BCUT2D eigenvalue weighted by Gasteiger charge is -2.40. The Morgan fingerprint density at radius 1 is 1.30 bits per heavy atom. The molecule has 3 rings (SSSR count). The fourth-order valence-electron chi connectivity index (χ4n) is 2.83. The zero-order valence-electron chi connectivity index (χ0n) is 13.3. The number of aliphatic hydroxyl groups is 1. The summed E-state index contributed by atoms with van der Waals surface area (Å²) in [6, 6.07) is 10.1. The highest BCUT2D eigenvalue weighted by molar-refractivity contribution is 5.32. The highest BCUT2D eigenvalue weighted by atomic mass is 16.5. The van der Waals surface area contributed by atoms with Crippen molar-refractivity contribution in [2.45, 2.75) is 18.8 Å². The van der Waals surface area contributed by atoms with Crippen molar-refractivity contribution in [3.8, 4) is 5.75 Å². The van der Waals surface area contributed by atoms with Gasteiger partial charge in [0.1, 0.15) is 5.75 Å². The van der Waals surface area contributed by atoms with Crippen LogP contribution in [-0.4, -0.2) is 59.2 Å². The minimum Gasteiger partial charge on any atom is -0.496 e. The maximum Gasteiger partial charge on any atom is 0.124 e. The summed E-state index contributed by atoms with van der Waals surface area (Å²) in [6.07, 6.45) is 3.29. The van der Waals surface area contributed by atoms with E-state index in [1.54, 1.807) is 13.3 Å². The summed E-state index contributed by atoms with van der Waals surface area (Å²) in [6.45, 7) is 3.23. The van der Waals surface area contributed by atoms with E-state index in [0.29, 0.717) is 25.8 Å². The first-order valence-corrected chi connectivity index (χ1v) is 7.85. The molecule has 0 bridgehead atoms. The van der Waals surface area contributed by atoms with E-state index in [0.717, 1.165) is 24.4 Å². The molecule has 2 heterocycles. The van der Waals surface area contributed by atoms with Crippen LogP contribution < -0.4 is 4.74 Å². The summed E-state index contributed by atoms with van der Waals surface area (Å²) in [5.41, 5.74) is 0.991. The van der Waals surface area contributed by atoms with Gasteiger partial charge < -0.3 is 14.6 Å². The average Bonchev–Trinajstić information content (AvgIpc) is 3.05. The molecule has 6 nitrogen and oxygen atoms in total. The number of methoxy groups -OCH3 is 1. The SMILES string of the molecule is COc1ccccc1COCC(O)CN1CC(n2cccn2)C1. The molecule has 0 radical (unpaired) electrons. The number of nitrogens with zero attached hydrogens (tertiary/aromatic N) is 3. The van der Waals surface area contributed by atoms with Gasteiger partial charge >= 0.3 is 0 Å². The first-order valence-electron chi connectivity index (χ1n) is 7.85. The molecule has 1 atom stereocenters. The van der Waals surface area contributed by atoms with E-state index >= 15 is 0 Å². The second-order valence-corrected chi connectivity index (χ2v) is 5.84. The van der Waals surface area contributed by atoms with Crippen molar-refractivity contribution in [3.63, 3.8) is 0 Å². The Kier molecular flexibility index (Phi) is 5.27. The molecular formula is C17H23N3O3. The van der Waals surface area contributed by atoms with Crippen LogP contribution in [0.4, 0.5) is 0 Å². The van der Waals surface area contributed by atoms with Crippen molar-refractivity contribution >= 4 is 0 Å². The van der Waals surface area contributed by atoms with Crippen molar-refractivity contribution in [2.24, 2.45) is 0 Å². The molecule has 6 heteroatoms. The van der Waals surface area contributed by atoms with Gasteiger partial charge in [-0.05, 0) is 12.1 Å². The van der Waals surface area contributed by atoms with E-state index in [1.165, 1.54) is 0 Å². The number of benzene rings is 1. The smallest absolute Gasteiger partial charge is 0.124 e. The van der Waals surface area contributed by atoms with Gasteiger partial charge in [-0.15, -0.1) is 0 Å². The van der Waals surface area contributed by atoms with Crippen LogP contribution in [0.5, 0.6) is 5.75 Å². The molecule has 1 saturated heterocycles. The summed E-state index contributed by atoms with van der Waals surface area (Å²) in [4.78, 5) is 2.21. The second kappa shape index (κ2) is 7.59. The third kappa shape index (κ3) is 4.10. The van der Waals surface area contributed by atoms with Crippen LogP contribution >= 0.6 is 0 Å². The zero-order chi connectivity index (χ0) is 16.1. The van der Waals surface area contributed by atoms with E-state index in [-0.39, 0.29) is 0 Å². The summed E-state index contributed by atoms with van der Waals surface area (Å²) in [7, 11) is 1.65. The van der Waals surface area contributed by atoms with Gasteiger partial charge in [-0.25, -0.2) is 0 Å². The quantitative estimate of drug-likeness (QED) is 0.796. The number of hydrogen-bond acceptors (Lipinski definition) is 5. The second-order valence-electron chi connectivity index (χ2n) is 5.84. The van der Waals surface area contributed by atoms with Gasteiger partial charge in [-0.2, -0.15) is 5.10 Å². The molecule has 0 amide bonds. The number of β-amino-alcohol motifs (C(OH)–C–C–N with tert-alkyl or cyclic N) is 1. The van der Waals surface area contributed by atoms with Crippen LogP contribution in [0.2, 0.25) is 0 Å². The minimum absolute atomic E-state index is 0.320. The largest absolute Gasteiger partial charge is 0.496 e. The summed E-state index contributed by atoms with van der Waals surface area (Å²) >= 11 is 0. The summed E-state index contributed by atoms with van der Waals surface area (Å²) in [5.74, 6) is 0.812. The maximum absolute atomic E-state index is 10.1. The van der Waals surface area contributed by atoms with Crippen LogP contribution in [0.3, 0.4) is 0 Å². The highest BCUT2D eigenvalue weighted by Crippen LogP contribution is 2.20. The first kappa shape index (κ1) is 16.0. The minimum atomic E-state index is -0.483. The van der Waals surface area contributed by atoms with Gasteiger partial charge in [-0.1, -0.05) is 18.2 Å². The predicted molar refractivity (Wildman–Crippen MR) is 86.4 cm³/mol. The normalized spacial score (nSPS) is 17.0. The van der Waals surface area contributed by atoms with Gasteiger partial charge in [-0.3, -0.25) is 9.58 Å². The fraction of sp³-hybridized carbons (Fsp3) is 0.471. The lowest BCUT2D eigenvalue weighted by atomic mass is 10.1. The van der Waals surface area contributed by atoms with Gasteiger partial charge in [0.15, 0.2) is 0 Å². The Hall–Kier alpha value is -1.89. The molecule has 0 aliphatic carbocycles. The Balaban J connectivity index is 1.35. The van der Waals surface area contributed by atoms with Crippen molar-refractivity contribution in [1.29, 1.82) is 0 Å². The molecule has 1 aliphatic rings. The molecule has 1 N–H and O–H groups in total. The zero-order valence-corrected chi connectivity index (χ0v) is 13.3. The number of likely N-dealkylation sites (tertiary alicyclic amines) is 1. The van der Waals surface area contributed by atoms with Gasteiger partial charge in [0.25, 0.3) is 0 Å². The van der Waals surface area contributed by atoms with E-state index in [4.69, 9.17) is 9.47 Å². The molecule has 1 aliphatic heterocycles. The third-order valence-electron chi connectivity index (χ3n) is 4.07. The Labute approximate surface area is 136 Å². The molecule has 124 valence electrons. The van der Waals surface area contributed by atoms with E-state index in [1.807, 2.05) is 41.2 Å². The molecule has 23 heavy (non-hydrogen) atoms. The number of aliphatic hydroxyl groups excluding tert-OH is 1. The summed E-state index contributed by atoms with van der Waals surface area (Å²) < 4.78 is 12.9. The van der Waals surface area contributed by atoms with Crippen LogP contribution in [-0.2, 0) is 11.3 Å². The van der Waals surface area contributed by atoms with Crippen molar-refractivity contribution in [3.05, 3.63) is 48.3 Å². The van der Waals surface area contributed by atoms with Crippen molar-refractivity contribution in [2.75, 3.05) is 33.4 Å². The number of rotatable bonds is 8. The van der Waals surface area contributed by atoms with Crippen molar-refractivity contribution in [1.82, 2.24) is 14.7 Å². The molecule has 0 saturated carbocycles. The Bertz CT molecular complexity index is 597. The Morgan fingerprint density at radius 2 is 2.13 bits per heavy atom. The average molecular weight is 317 g/mol. The van der Waals surface area contributed by atoms with E-state index < -0.39 is 6.10 Å². The third-order valence-corrected chi connectivity index (χ3v) is 4.07. The number of hydrogen-bond donors (Lipinski definition) is 1. The predicted octanol–water partition coefficient (Wildman–Crippen LogP) is 1.33. The maximum atomic E-state index is 10.1.